The fourth-order valence-electron chi connectivity index (χ4n) is 1.87. The van der Waals surface area contributed by atoms with Crippen molar-refractivity contribution in [3.63, 3.8) is 0 Å². The van der Waals surface area contributed by atoms with Crippen LogP contribution in [0, 0.1) is 0 Å². The van der Waals surface area contributed by atoms with Gasteiger partial charge in [-0.05, 0) is 45.0 Å². The monoisotopic (exact) mass is 338 g/mol. The van der Waals surface area contributed by atoms with Crippen molar-refractivity contribution in [2.24, 2.45) is 0 Å². The van der Waals surface area contributed by atoms with E-state index >= 15 is 0 Å². The first-order valence-corrected chi connectivity index (χ1v) is 7.41. The number of rotatable bonds is 5. The molecule has 2 aromatic rings. The van der Waals surface area contributed by atoms with E-state index in [-0.39, 0.29) is 0 Å². The summed E-state index contributed by atoms with van der Waals surface area (Å²) in [5, 5.41) is 14.2. The average Bonchev–Trinajstić information content (AvgIpc) is 2.86. The zero-order valence-electron chi connectivity index (χ0n) is 11.9. The molecule has 0 aliphatic carbocycles. The molecule has 0 aliphatic rings. The lowest BCUT2D eigenvalue weighted by molar-refractivity contribution is 0.189. The quantitative estimate of drug-likeness (QED) is 0.900. The standard InChI is InChI=1S/C15H19BrN2O2/c1-10(2)18-7-6-13(17-18)9-20-15-5-4-12(16)8-14(15)11(3)19/h4-8,10-11,19H,9H2,1-3H3/t11-/m1/s1. The van der Waals surface area contributed by atoms with Gasteiger partial charge in [-0.15, -0.1) is 0 Å². The van der Waals surface area contributed by atoms with Crippen LogP contribution in [0.4, 0.5) is 0 Å². The number of hydrogen-bond acceptors (Lipinski definition) is 3. The molecule has 1 atom stereocenters. The largest absolute Gasteiger partial charge is 0.487 e. The number of aliphatic hydroxyl groups is 1. The Morgan fingerprint density at radius 3 is 2.65 bits per heavy atom. The van der Waals surface area contributed by atoms with Crippen molar-refractivity contribution in [3.8, 4) is 5.75 Å². The molecular weight excluding hydrogens is 320 g/mol. The second-order valence-corrected chi connectivity index (χ2v) is 5.94. The van der Waals surface area contributed by atoms with Crippen molar-refractivity contribution in [1.82, 2.24) is 9.78 Å². The molecule has 0 saturated carbocycles. The molecular formula is C15H19BrN2O2. The second kappa shape index (κ2) is 6.41. The molecule has 4 nitrogen and oxygen atoms in total. The van der Waals surface area contributed by atoms with Gasteiger partial charge in [0.25, 0.3) is 0 Å². The Morgan fingerprint density at radius 1 is 1.30 bits per heavy atom. The van der Waals surface area contributed by atoms with Gasteiger partial charge in [-0.25, -0.2) is 0 Å². The summed E-state index contributed by atoms with van der Waals surface area (Å²) < 4.78 is 8.60. The Balaban J connectivity index is 2.10. The molecule has 0 fully saturated rings. The number of aliphatic hydroxyl groups excluding tert-OH is 1. The molecule has 20 heavy (non-hydrogen) atoms. The van der Waals surface area contributed by atoms with Gasteiger partial charge in [-0.1, -0.05) is 15.9 Å². The fraction of sp³-hybridized carbons (Fsp3) is 0.400. The van der Waals surface area contributed by atoms with Crippen LogP contribution in [0.15, 0.2) is 34.9 Å². The summed E-state index contributed by atoms with van der Waals surface area (Å²) in [7, 11) is 0. The number of nitrogens with zero attached hydrogens (tertiary/aromatic N) is 2. The Morgan fingerprint density at radius 2 is 2.05 bits per heavy atom. The highest BCUT2D eigenvalue weighted by molar-refractivity contribution is 9.10. The summed E-state index contributed by atoms with van der Waals surface area (Å²) in [6, 6.07) is 7.90. The van der Waals surface area contributed by atoms with Crippen molar-refractivity contribution in [2.45, 2.75) is 39.5 Å². The number of hydrogen-bond donors (Lipinski definition) is 1. The summed E-state index contributed by atoms with van der Waals surface area (Å²) in [6.07, 6.45) is 1.37. The van der Waals surface area contributed by atoms with E-state index < -0.39 is 6.10 Å². The van der Waals surface area contributed by atoms with Crippen LogP contribution in [-0.4, -0.2) is 14.9 Å². The van der Waals surface area contributed by atoms with E-state index in [1.807, 2.05) is 35.1 Å². The maximum atomic E-state index is 9.78. The summed E-state index contributed by atoms with van der Waals surface area (Å²) >= 11 is 3.40. The van der Waals surface area contributed by atoms with E-state index in [0.717, 1.165) is 15.7 Å². The highest BCUT2D eigenvalue weighted by Gasteiger charge is 2.11. The second-order valence-electron chi connectivity index (χ2n) is 5.03. The molecule has 108 valence electrons. The van der Waals surface area contributed by atoms with Crippen molar-refractivity contribution in [2.75, 3.05) is 0 Å². The third kappa shape index (κ3) is 3.61. The molecule has 5 heteroatoms. The van der Waals surface area contributed by atoms with Crippen molar-refractivity contribution >= 4 is 15.9 Å². The zero-order valence-corrected chi connectivity index (χ0v) is 13.5. The Hall–Kier alpha value is -1.33. The van der Waals surface area contributed by atoms with Crippen LogP contribution in [-0.2, 0) is 6.61 Å². The summed E-state index contributed by atoms with van der Waals surface area (Å²) in [5.41, 5.74) is 1.64. The average molecular weight is 339 g/mol. The molecule has 1 aromatic carbocycles. The van der Waals surface area contributed by atoms with E-state index in [9.17, 15) is 5.11 Å². The van der Waals surface area contributed by atoms with Crippen molar-refractivity contribution in [1.29, 1.82) is 0 Å². The smallest absolute Gasteiger partial charge is 0.132 e. The van der Waals surface area contributed by atoms with Gasteiger partial charge in [0.05, 0.1) is 11.8 Å². The lowest BCUT2D eigenvalue weighted by Gasteiger charge is -2.13. The van der Waals surface area contributed by atoms with Gasteiger partial charge in [0.1, 0.15) is 12.4 Å². The number of benzene rings is 1. The lowest BCUT2D eigenvalue weighted by Crippen LogP contribution is -2.04. The molecule has 0 spiro atoms. The summed E-state index contributed by atoms with van der Waals surface area (Å²) in [6.45, 7) is 6.28. The van der Waals surface area contributed by atoms with E-state index in [2.05, 4.69) is 34.9 Å². The molecule has 2 rings (SSSR count). The predicted octanol–water partition coefficient (Wildman–Crippen LogP) is 3.86. The molecule has 1 aromatic heterocycles. The van der Waals surface area contributed by atoms with Gasteiger partial charge in [0.15, 0.2) is 0 Å². The van der Waals surface area contributed by atoms with Gasteiger partial charge in [0.2, 0.25) is 0 Å². The molecule has 0 radical (unpaired) electrons. The summed E-state index contributed by atoms with van der Waals surface area (Å²) in [4.78, 5) is 0. The maximum absolute atomic E-state index is 9.78. The van der Waals surface area contributed by atoms with Gasteiger partial charge in [-0.2, -0.15) is 5.10 Å². The van der Waals surface area contributed by atoms with Crippen LogP contribution in [0.25, 0.3) is 0 Å². The SMILES string of the molecule is CC(C)n1ccc(COc2ccc(Br)cc2[C@@H](C)O)n1. The topological polar surface area (TPSA) is 47.3 Å². The van der Waals surface area contributed by atoms with Crippen LogP contribution in [0.3, 0.4) is 0 Å². The van der Waals surface area contributed by atoms with Crippen LogP contribution in [0.5, 0.6) is 5.75 Å². The minimum atomic E-state index is -0.573. The van der Waals surface area contributed by atoms with Gasteiger partial charge in [-0.3, -0.25) is 4.68 Å². The minimum Gasteiger partial charge on any atom is -0.487 e. The third-order valence-electron chi connectivity index (χ3n) is 2.99. The van der Waals surface area contributed by atoms with Crippen LogP contribution in [0.2, 0.25) is 0 Å². The first kappa shape index (κ1) is 15.1. The Kier molecular flexibility index (Phi) is 4.83. The fourth-order valence-corrected chi connectivity index (χ4v) is 2.25. The molecule has 0 amide bonds. The van der Waals surface area contributed by atoms with E-state index in [4.69, 9.17) is 4.74 Å². The van der Waals surface area contributed by atoms with Crippen molar-refractivity contribution < 1.29 is 9.84 Å². The Bertz CT molecular complexity index is 579. The normalized spacial score (nSPS) is 12.7. The van der Waals surface area contributed by atoms with Crippen LogP contribution < -0.4 is 4.74 Å². The number of halogens is 1. The summed E-state index contributed by atoms with van der Waals surface area (Å²) in [5.74, 6) is 0.683. The molecule has 0 bridgehead atoms. The number of ether oxygens (including phenoxy) is 1. The zero-order chi connectivity index (χ0) is 14.7. The van der Waals surface area contributed by atoms with Gasteiger partial charge < -0.3 is 9.84 Å². The Labute approximate surface area is 127 Å². The third-order valence-corrected chi connectivity index (χ3v) is 3.48. The molecule has 0 unspecified atom stereocenters. The van der Waals surface area contributed by atoms with Gasteiger partial charge >= 0.3 is 0 Å². The first-order valence-electron chi connectivity index (χ1n) is 6.61. The highest BCUT2D eigenvalue weighted by atomic mass is 79.9. The maximum Gasteiger partial charge on any atom is 0.132 e. The number of aromatic nitrogens is 2. The predicted molar refractivity (Wildman–Crippen MR) is 81.7 cm³/mol. The van der Waals surface area contributed by atoms with Crippen LogP contribution in [0.1, 0.15) is 44.2 Å². The minimum absolute atomic E-state index is 0.337. The van der Waals surface area contributed by atoms with Crippen LogP contribution >= 0.6 is 15.9 Å². The molecule has 0 aliphatic heterocycles. The molecule has 1 N–H and O–H groups in total. The molecule has 1 heterocycles. The molecule has 0 saturated heterocycles. The van der Waals surface area contributed by atoms with E-state index in [1.54, 1.807) is 6.92 Å². The highest BCUT2D eigenvalue weighted by Crippen LogP contribution is 2.29. The van der Waals surface area contributed by atoms with E-state index in [0.29, 0.717) is 18.4 Å². The lowest BCUT2D eigenvalue weighted by atomic mass is 10.1. The van der Waals surface area contributed by atoms with Gasteiger partial charge in [0, 0.05) is 22.3 Å². The first-order chi connectivity index (χ1) is 9.47. The van der Waals surface area contributed by atoms with Crippen molar-refractivity contribution in [3.05, 3.63) is 46.2 Å². The van der Waals surface area contributed by atoms with E-state index in [1.165, 1.54) is 0 Å².